The van der Waals surface area contributed by atoms with Crippen LogP contribution in [0.25, 0.3) is 0 Å². The Morgan fingerprint density at radius 3 is 2.78 bits per heavy atom. The summed E-state index contributed by atoms with van der Waals surface area (Å²) in [7, 11) is 1.69. The van der Waals surface area contributed by atoms with Crippen LogP contribution in [0.5, 0.6) is 5.75 Å². The Labute approximate surface area is 109 Å². The quantitative estimate of drug-likeness (QED) is 0.862. The first-order chi connectivity index (χ1) is 8.54. The van der Waals surface area contributed by atoms with Crippen LogP contribution in [0, 0.1) is 0 Å². The fourth-order valence-electron chi connectivity index (χ4n) is 2.83. The minimum absolute atomic E-state index is 0.164. The summed E-state index contributed by atoms with van der Waals surface area (Å²) < 4.78 is 5.38. The maximum atomic E-state index is 10.3. The summed E-state index contributed by atoms with van der Waals surface area (Å²) in [4.78, 5) is 0. The van der Waals surface area contributed by atoms with Gasteiger partial charge in [0.1, 0.15) is 5.75 Å². The first-order valence-corrected chi connectivity index (χ1v) is 6.66. The van der Waals surface area contributed by atoms with E-state index in [0.717, 1.165) is 30.6 Å². The van der Waals surface area contributed by atoms with Gasteiger partial charge in [-0.15, -0.1) is 0 Å². The van der Waals surface area contributed by atoms with Gasteiger partial charge < -0.3 is 15.2 Å². The van der Waals surface area contributed by atoms with Crippen molar-refractivity contribution in [1.29, 1.82) is 0 Å². The van der Waals surface area contributed by atoms with Crippen LogP contribution in [0.3, 0.4) is 0 Å². The fraction of sp³-hybridized carbons (Fsp3) is 0.600. The second-order valence-electron chi connectivity index (χ2n) is 5.43. The van der Waals surface area contributed by atoms with Crippen molar-refractivity contribution in [3.05, 3.63) is 29.8 Å². The lowest BCUT2D eigenvalue weighted by Crippen LogP contribution is -2.45. The van der Waals surface area contributed by atoms with Gasteiger partial charge in [0.15, 0.2) is 0 Å². The van der Waals surface area contributed by atoms with E-state index in [4.69, 9.17) is 4.74 Å². The molecule has 2 N–H and O–H groups in total. The Balaban J connectivity index is 2.10. The topological polar surface area (TPSA) is 41.5 Å². The molecule has 0 radical (unpaired) electrons. The molecule has 0 bridgehead atoms. The molecule has 1 saturated carbocycles. The molecule has 1 aliphatic carbocycles. The molecule has 2 rings (SSSR count). The van der Waals surface area contributed by atoms with Crippen LogP contribution in [-0.4, -0.2) is 23.9 Å². The Morgan fingerprint density at radius 2 is 2.17 bits per heavy atom. The lowest BCUT2D eigenvalue weighted by Gasteiger charge is -2.30. The molecule has 2 unspecified atom stereocenters. The predicted molar refractivity (Wildman–Crippen MR) is 72.8 cm³/mol. The first kappa shape index (κ1) is 13.4. The highest BCUT2D eigenvalue weighted by atomic mass is 16.5. The van der Waals surface area contributed by atoms with Gasteiger partial charge in [0.25, 0.3) is 0 Å². The molecule has 0 spiro atoms. The van der Waals surface area contributed by atoms with Crippen molar-refractivity contribution in [3.63, 3.8) is 0 Å². The van der Waals surface area contributed by atoms with Gasteiger partial charge >= 0.3 is 0 Å². The van der Waals surface area contributed by atoms with Crippen molar-refractivity contribution < 1.29 is 9.84 Å². The number of methoxy groups -OCH3 is 1. The molecule has 1 aromatic rings. The molecule has 0 aliphatic heterocycles. The van der Waals surface area contributed by atoms with Gasteiger partial charge in [-0.25, -0.2) is 0 Å². The average Bonchev–Trinajstić information content (AvgIpc) is 2.68. The zero-order valence-electron chi connectivity index (χ0n) is 11.4. The van der Waals surface area contributed by atoms with E-state index in [2.05, 4.69) is 18.3 Å². The molecular weight excluding hydrogens is 226 g/mol. The maximum Gasteiger partial charge on any atom is 0.123 e. The number of aliphatic hydroxyl groups is 1. The molecule has 0 saturated heterocycles. The van der Waals surface area contributed by atoms with Crippen LogP contribution in [0.1, 0.15) is 44.7 Å². The van der Waals surface area contributed by atoms with E-state index in [9.17, 15) is 5.11 Å². The number of rotatable bonds is 4. The van der Waals surface area contributed by atoms with E-state index in [1.165, 1.54) is 0 Å². The molecule has 1 aliphatic rings. The highest BCUT2D eigenvalue weighted by Crippen LogP contribution is 2.32. The highest BCUT2D eigenvalue weighted by molar-refractivity contribution is 5.35. The standard InChI is InChI=1S/C15H23NO2/c1-11(12-7-4-5-8-13(12)18-3)16-14-9-6-10-15(14,2)17/h4-5,7-8,11,14,16-17H,6,9-10H2,1-3H3/t11-,14?,15?/m1/s1. The van der Waals surface area contributed by atoms with Crippen molar-refractivity contribution in [2.24, 2.45) is 0 Å². The summed E-state index contributed by atoms with van der Waals surface area (Å²) in [5.41, 5.74) is 0.554. The molecule has 18 heavy (non-hydrogen) atoms. The van der Waals surface area contributed by atoms with Crippen LogP contribution in [0.2, 0.25) is 0 Å². The van der Waals surface area contributed by atoms with Crippen molar-refractivity contribution in [2.45, 2.75) is 50.8 Å². The van der Waals surface area contributed by atoms with E-state index in [-0.39, 0.29) is 12.1 Å². The lowest BCUT2D eigenvalue weighted by atomic mass is 9.98. The number of hydrogen-bond acceptors (Lipinski definition) is 3. The maximum absolute atomic E-state index is 10.3. The van der Waals surface area contributed by atoms with Gasteiger partial charge in [0, 0.05) is 17.6 Å². The molecule has 1 fully saturated rings. The predicted octanol–water partition coefficient (Wildman–Crippen LogP) is 2.65. The van der Waals surface area contributed by atoms with Crippen LogP contribution in [0.15, 0.2) is 24.3 Å². The summed E-state index contributed by atoms with van der Waals surface area (Å²) in [6.07, 6.45) is 3.00. The first-order valence-electron chi connectivity index (χ1n) is 6.66. The zero-order chi connectivity index (χ0) is 13.2. The van der Waals surface area contributed by atoms with Crippen molar-refractivity contribution in [3.8, 4) is 5.75 Å². The summed E-state index contributed by atoms with van der Waals surface area (Å²) >= 11 is 0. The Hall–Kier alpha value is -1.06. The van der Waals surface area contributed by atoms with Crippen LogP contribution >= 0.6 is 0 Å². The number of benzene rings is 1. The summed E-state index contributed by atoms with van der Waals surface area (Å²) in [6.45, 7) is 4.04. The van der Waals surface area contributed by atoms with Gasteiger partial charge in [-0.2, -0.15) is 0 Å². The van der Waals surface area contributed by atoms with Gasteiger partial charge in [0.2, 0.25) is 0 Å². The van der Waals surface area contributed by atoms with Crippen LogP contribution < -0.4 is 10.1 Å². The van der Waals surface area contributed by atoms with Gasteiger partial charge in [-0.05, 0) is 39.2 Å². The van der Waals surface area contributed by atoms with Gasteiger partial charge in [-0.1, -0.05) is 18.2 Å². The Morgan fingerprint density at radius 1 is 1.44 bits per heavy atom. The SMILES string of the molecule is COc1ccccc1[C@@H](C)NC1CCCC1(C)O. The molecule has 3 atom stereocenters. The second kappa shape index (κ2) is 5.29. The highest BCUT2D eigenvalue weighted by Gasteiger charge is 2.37. The third-order valence-electron chi connectivity index (χ3n) is 3.98. The fourth-order valence-corrected chi connectivity index (χ4v) is 2.83. The zero-order valence-corrected chi connectivity index (χ0v) is 11.4. The lowest BCUT2D eigenvalue weighted by molar-refractivity contribution is 0.0357. The van der Waals surface area contributed by atoms with Crippen molar-refractivity contribution in [2.75, 3.05) is 7.11 Å². The Bertz CT molecular complexity index is 403. The Kier molecular flexibility index (Phi) is 3.93. The molecular formula is C15H23NO2. The number of nitrogens with one attached hydrogen (secondary N) is 1. The van der Waals surface area contributed by atoms with E-state index in [0.29, 0.717) is 0 Å². The van der Waals surface area contributed by atoms with E-state index in [1.807, 2.05) is 25.1 Å². The minimum Gasteiger partial charge on any atom is -0.496 e. The molecule has 0 heterocycles. The number of hydrogen-bond donors (Lipinski definition) is 2. The summed E-state index contributed by atoms with van der Waals surface area (Å²) in [6, 6.07) is 8.37. The third-order valence-corrected chi connectivity index (χ3v) is 3.98. The van der Waals surface area contributed by atoms with Gasteiger partial charge in [0.05, 0.1) is 12.7 Å². The molecule has 1 aromatic carbocycles. The average molecular weight is 249 g/mol. The van der Waals surface area contributed by atoms with Gasteiger partial charge in [-0.3, -0.25) is 0 Å². The van der Waals surface area contributed by atoms with Crippen molar-refractivity contribution >= 4 is 0 Å². The molecule has 3 heteroatoms. The largest absolute Gasteiger partial charge is 0.496 e. The van der Waals surface area contributed by atoms with E-state index in [1.54, 1.807) is 7.11 Å². The minimum atomic E-state index is -0.587. The van der Waals surface area contributed by atoms with E-state index >= 15 is 0 Å². The monoisotopic (exact) mass is 249 g/mol. The number of ether oxygens (including phenoxy) is 1. The molecule has 100 valence electrons. The third kappa shape index (κ3) is 2.68. The molecule has 0 amide bonds. The normalized spacial score (nSPS) is 29.2. The van der Waals surface area contributed by atoms with Crippen LogP contribution in [0.4, 0.5) is 0 Å². The second-order valence-corrected chi connectivity index (χ2v) is 5.43. The van der Waals surface area contributed by atoms with Crippen LogP contribution in [-0.2, 0) is 0 Å². The number of para-hydroxylation sites is 1. The van der Waals surface area contributed by atoms with E-state index < -0.39 is 5.60 Å². The molecule has 0 aromatic heterocycles. The smallest absolute Gasteiger partial charge is 0.123 e. The van der Waals surface area contributed by atoms with Crippen molar-refractivity contribution in [1.82, 2.24) is 5.32 Å². The summed E-state index contributed by atoms with van der Waals surface area (Å²) in [5, 5.41) is 13.8. The summed E-state index contributed by atoms with van der Waals surface area (Å²) in [5.74, 6) is 0.898. The molecule has 3 nitrogen and oxygen atoms in total.